The highest BCUT2D eigenvalue weighted by molar-refractivity contribution is 7.99. The fourth-order valence-electron chi connectivity index (χ4n) is 3.01. The molecule has 1 saturated heterocycles. The number of thioether (sulfide) groups is 1. The Hall–Kier alpha value is -2.26. The number of nitrogens with one attached hydrogen (secondary N) is 1. The molecule has 0 saturated carbocycles. The molecule has 1 aliphatic rings. The summed E-state index contributed by atoms with van der Waals surface area (Å²) in [7, 11) is 0. The Morgan fingerprint density at radius 1 is 1.13 bits per heavy atom. The number of carbonyl (C=O) groups excluding carboxylic acids is 1. The first-order valence-electron chi connectivity index (χ1n) is 9.23. The summed E-state index contributed by atoms with van der Waals surface area (Å²) >= 11 is 13.5. The van der Waals surface area contributed by atoms with Crippen LogP contribution in [0.1, 0.15) is 0 Å². The summed E-state index contributed by atoms with van der Waals surface area (Å²) in [6.45, 7) is 2.81. The third-order valence-electron chi connectivity index (χ3n) is 4.42. The molecule has 156 valence electrons. The first-order chi connectivity index (χ1) is 14.6. The van der Waals surface area contributed by atoms with Gasteiger partial charge in [0.05, 0.1) is 40.9 Å². The number of amides is 1. The molecule has 0 bridgehead atoms. The van der Waals surface area contributed by atoms with Crippen molar-refractivity contribution in [1.82, 2.24) is 10.2 Å². The van der Waals surface area contributed by atoms with Crippen molar-refractivity contribution >= 4 is 52.2 Å². The standard InChI is InChI=1S/C20H18Cl2N4O3S/c21-13-5-6-17(26-7-9-28-10-8-26)16(11-13)23-18(27)12-30-20-25-24-19(29-20)14-3-1-2-4-15(14)22/h1-6,11H,7-10,12H2,(H,23,27). The highest BCUT2D eigenvalue weighted by Gasteiger charge is 2.18. The molecule has 0 aliphatic carbocycles. The molecule has 3 aromatic rings. The summed E-state index contributed by atoms with van der Waals surface area (Å²) in [4.78, 5) is 14.7. The second-order valence-corrected chi connectivity index (χ2v) is 8.22. The Balaban J connectivity index is 1.40. The topological polar surface area (TPSA) is 80.5 Å². The van der Waals surface area contributed by atoms with Gasteiger partial charge in [0, 0.05) is 18.1 Å². The molecular formula is C20H18Cl2N4O3S. The number of hydrogen-bond donors (Lipinski definition) is 1. The molecule has 2 heterocycles. The predicted molar refractivity (Wildman–Crippen MR) is 119 cm³/mol. The largest absolute Gasteiger partial charge is 0.411 e. The number of hydrogen-bond acceptors (Lipinski definition) is 7. The van der Waals surface area contributed by atoms with E-state index in [4.69, 9.17) is 32.4 Å². The number of aromatic nitrogens is 2. The first kappa shape index (κ1) is 21.0. The van der Waals surface area contributed by atoms with Crippen LogP contribution in [0.3, 0.4) is 0 Å². The highest BCUT2D eigenvalue weighted by Crippen LogP contribution is 2.31. The maximum atomic E-state index is 12.5. The van der Waals surface area contributed by atoms with Gasteiger partial charge in [-0.3, -0.25) is 4.79 Å². The Morgan fingerprint density at radius 2 is 1.93 bits per heavy atom. The minimum atomic E-state index is -0.200. The summed E-state index contributed by atoms with van der Waals surface area (Å²) in [5.41, 5.74) is 2.23. The van der Waals surface area contributed by atoms with Crippen molar-refractivity contribution in [3.8, 4) is 11.5 Å². The van der Waals surface area contributed by atoms with Crippen LogP contribution in [0, 0.1) is 0 Å². The van der Waals surface area contributed by atoms with Crippen LogP contribution in [0.15, 0.2) is 52.1 Å². The van der Waals surface area contributed by atoms with E-state index in [0.29, 0.717) is 45.6 Å². The van der Waals surface area contributed by atoms with E-state index in [1.54, 1.807) is 18.2 Å². The number of morpholine rings is 1. The van der Waals surface area contributed by atoms with Crippen molar-refractivity contribution in [1.29, 1.82) is 0 Å². The number of anilines is 2. The molecule has 4 rings (SSSR count). The molecular weight excluding hydrogens is 447 g/mol. The maximum Gasteiger partial charge on any atom is 0.277 e. The second kappa shape index (κ2) is 9.70. The lowest BCUT2D eigenvalue weighted by Crippen LogP contribution is -2.36. The maximum absolute atomic E-state index is 12.5. The van der Waals surface area contributed by atoms with Crippen LogP contribution in [-0.4, -0.2) is 48.2 Å². The quantitative estimate of drug-likeness (QED) is 0.533. The third kappa shape index (κ3) is 5.07. The molecule has 0 atom stereocenters. The van der Waals surface area contributed by atoms with Crippen molar-refractivity contribution in [3.63, 3.8) is 0 Å². The van der Waals surface area contributed by atoms with Crippen LogP contribution in [0.25, 0.3) is 11.5 Å². The molecule has 1 N–H and O–H groups in total. The molecule has 0 spiro atoms. The highest BCUT2D eigenvalue weighted by atomic mass is 35.5. The van der Waals surface area contributed by atoms with Crippen molar-refractivity contribution in [2.24, 2.45) is 0 Å². The minimum Gasteiger partial charge on any atom is -0.411 e. The smallest absolute Gasteiger partial charge is 0.277 e. The number of halogens is 2. The molecule has 1 fully saturated rings. The van der Waals surface area contributed by atoms with Gasteiger partial charge in [-0.05, 0) is 30.3 Å². The monoisotopic (exact) mass is 464 g/mol. The van der Waals surface area contributed by atoms with E-state index in [2.05, 4.69) is 20.4 Å². The van der Waals surface area contributed by atoms with Crippen LogP contribution in [0.5, 0.6) is 0 Å². The summed E-state index contributed by atoms with van der Waals surface area (Å²) in [5, 5.41) is 12.3. The van der Waals surface area contributed by atoms with Gasteiger partial charge in [-0.25, -0.2) is 0 Å². The minimum absolute atomic E-state index is 0.110. The molecule has 2 aromatic carbocycles. The van der Waals surface area contributed by atoms with Gasteiger partial charge in [-0.2, -0.15) is 0 Å². The summed E-state index contributed by atoms with van der Waals surface area (Å²) in [5.74, 6) is 0.224. The summed E-state index contributed by atoms with van der Waals surface area (Å²) in [6.07, 6.45) is 0. The van der Waals surface area contributed by atoms with E-state index in [0.717, 1.165) is 30.5 Å². The normalized spacial score (nSPS) is 14.0. The fourth-order valence-corrected chi connectivity index (χ4v) is 3.97. The third-order valence-corrected chi connectivity index (χ3v) is 5.81. The zero-order chi connectivity index (χ0) is 20.9. The van der Waals surface area contributed by atoms with Crippen molar-refractivity contribution < 1.29 is 13.9 Å². The van der Waals surface area contributed by atoms with Crippen molar-refractivity contribution in [2.45, 2.75) is 5.22 Å². The average Bonchev–Trinajstić information content (AvgIpc) is 3.22. The number of carbonyl (C=O) groups is 1. The number of rotatable bonds is 6. The lowest BCUT2D eigenvalue weighted by atomic mass is 10.2. The molecule has 10 heteroatoms. The number of ether oxygens (including phenoxy) is 1. The van der Waals surface area contributed by atoms with E-state index in [-0.39, 0.29) is 11.7 Å². The molecule has 1 amide bonds. The summed E-state index contributed by atoms with van der Waals surface area (Å²) < 4.78 is 11.0. The van der Waals surface area contributed by atoms with Crippen LogP contribution < -0.4 is 10.2 Å². The second-order valence-electron chi connectivity index (χ2n) is 6.45. The Morgan fingerprint density at radius 3 is 2.73 bits per heavy atom. The lowest BCUT2D eigenvalue weighted by Gasteiger charge is -2.30. The van der Waals surface area contributed by atoms with E-state index < -0.39 is 0 Å². The fraction of sp³-hybridized carbons (Fsp3) is 0.250. The van der Waals surface area contributed by atoms with E-state index in [1.807, 2.05) is 24.3 Å². The first-order valence-corrected chi connectivity index (χ1v) is 11.0. The van der Waals surface area contributed by atoms with E-state index >= 15 is 0 Å². The van der Waals surface area contributed by atoms with Gasteiger partial charge in [0.15, 0.2) is 0 Å². The number of benzene rings is 2. The van der Waals surface area contributed by atoms with Gasteiger partial charge in [-0.1, -0.05) is 47.1 Å². The molecule has 7 nitrogen and oxygen atoms in total. The molecule has 1 aliphatic heterocycles. The predicted octanol–water partition coefficient (Wildman–Crippen LogP) is 4.61. The van der Waals surface area contributed by atoms with Crippen LogP contribution in [-0.2, 0) is 9.53 Å². The molecule has 1 aromatic heterocycles. The van der Waals surface area contributed by atoms with Gasteiger partial charge in [0.2, 0.25) is 11.8 Å². The lowest BCUT2D eigenvalue weighted by molar-refractivity contribution is -0.113. The Labute approximate surface area is 187 Å². The SMILES string of the molecule is O=C(CSc1nnc(-c2ccccc2Cl)o1)Nc1cc(Cl)ccc1N1CCOCC1. The van der Waals surface area contributed by atoms with Gasteiger partial charge >= 0.3 is 0 Å². The van der Waals surface area contributed by atoms with E-state index in [9.17, 15) is 4.79 Å². The Kier molecular flexibility index (Phi) is 6.79. The van der Waals surface area contributed by atoms with Gasteiger partial charge in [-0.15, -0.1) is 10.2 Å². The zero-order valence-corrected chi connectivity index (χ0v) is 18.1. The average molecular weight is 465 g/mol. The molecule has 0 unspecified atom stereocenters. The van der Waals surface area contributed by atoms with Crippen molar-refractivity contribution in [3.05, 3.63) is 52.5 Å². The molecule has 0 radical (unpaired) electrons. The van der Waals surface area contributed by atoms with Crippen LogP contribution >= 0.6 is 35.0 Å². The van der Waals surface area contributed by atoms with Crippen LogP contribution in [0.4, 0.5) is 11.4 Å². The van der Waals surface area contributed by atoms with Gasteiger partial charge < -0.3 is 19.4 Å². The van der Waals surface area contributed by atoms with Gasteiger partial charge in [0.1, 0.15) is 0 Å². The van der Waals surface area contributed by atoms with E-state index in [1.165, 1.54) is 0 Å². The Bertz CT molecular complexity index is 1040. The van der Waals surface area contributed by atoms with Crippen molar-refractivity contribution in [2.75, 3.05) is 42.3 Å². The molecule has 30 heavy (non-hydrogen) atoms. The zero-order valence-electron chi connectivity index (χ0n) is 15.8. The number of nitrogens with zero attached hydrogens (tertiary/aromatic N) is 3. The van der Waals surface area contributed by atoms with Crippen LogP contribution in [0.2, 0.25) is 10.0 Å². The van der Waals surface area contributed by atoms with Gasteiger partial charge in [0.25, 0.3) is 5.22 Å². The summed E-state index contributed by atoms with van der Waals surface area (Å²) in [6, 6.07) is 12.7.